The molecule has 0 aromatic heterocycles. The number of thioether (sulfide) groups is 1. The van der Waals surface area contributed by atoms with Crippen LogP contribution in [0.25, 0.3) is 0 Å². The summed E-state index contributed by atoms with van der Waals surface area (Å²) in [5.74, 6) is 1.18. The van der Waals surface area contributed by atoms with E-state index in [1.54, 1.807) is 6.92 Å². The van der Waals surface area contributed by atoms with E-state index in [9.17, 15) is 5.11 Å². The van der Waals surface area contributed by atoms with E-state index in [1.165, 1.54) is 17.9 Å². The molecule has 4 heteroatoms. The number of nitrogens with zero attached hydrogens (tertiary/aromatic N) is 1. The van der Waals surface area contributed by atoms with E-state index < -0.39 is 6.10 Å². The zero-order valence-corrected chi connectivity index (χ0v) is 13.9. The second kappa shape index (κ2) is 7.41. The normalized spacial score (nSPS) is 14.3. The van der Waals surface area contributed by atoms with E-state index >= 15 is 0 Å². The monoisotopic (exact) mass is 331 g/mol. The van der Waals surface area contributed by atoms with Crippen molar-refractivity contribution in [1.29, 1.82) is 0 Å². The molecule has 0 aliphatic heterocycles. The van der Waals surface area contributed by atoms with Crippen molar-refractivity contribution in [3.05, 3.63) is 28.2 Å². The molecule has 0 fully saturated rings. The molecular formula is C14H22BrNOS. The molecule has 18 heavy (non-hydrogen) atoms. The van der Waals surface area contributed by atoms with Crippen molar-refractivity contribution in [1.82, 2.24) is 0 Å². The Bertz CT molecular complexity index is 384. The molecule has 0 saturated heterocycles. The summed E-state index contributed by atoms with van der Waals surface area (Å²) in [6, 6.07) is 6.66. The van der Waals surface area contributed by atoms with Crippen molar-refractivity contribution in [3.63, 3.8) is 0 Å². The Morgan fingerprint density at radius 3 is 2.56 bits per heavy atom. The predicted octanol–water partition coefficient (Wildman–Crippen LogP) is 4.08. The average Bonchev–Trinajstić information content (AvgIpc) is 2.34. The van der Waals surface area contributed by atoms with Crippen LogP contribution in [0.2, 0.25) is 0 Å². The quantitative estimate of drug-likeness (QED) is 0.849. The molecule has 2 unspecified atom stereocenters. The standard InChI is InChI=1S/C14H22BrNOS/c1-10(7-8-18-4)16(3)12-5-6-13(11(2)17)14(15)9-12/h5-6,9-11,17H,7-8H2,1-4H3. The van der Waals surface area contributed by atoms with Crippen LogP contribution in [-0.4, -0.2) is 30.2 Å². The summed E-state index contributed by atoms with van der Waals surface area (Å²) in [6.07, 6.45) is 2.88. The summed E-state index contributed by atoms with van der Waals surface area (Å²) in [5, 5.41) is 9.61. The highest BCUT2D eigenvalue weighted by molar-refractivity contribution is 9.10. The number of rotatable bonds is 6. The molecule has 0 aliphatic carbocycles. The van der Waals surface area contributed by atoms with Gasteiger partial charge in [0, 0.05) is 23.2 Å². The first-order valence-electron chi connectivity index (χ1n) is 6.16. The summed E-state index contributed by atoms with van der Waals surface area (Å²) < 4.78 is 0.971. The number of anilines is 1. The third-order valence-corrected chi connectivity index (χ3v) is 4.57. The maximum Gasteiger partial charge on any atom is 0.0772 e. The topological polar surface area (TPSA) is 23.5 Å². The van der Waals surface area contributed by atoms with Crippen LogP contribution in [0.3, 0.4) is 0 Å². The molecular weight excluding hydrogens is 310 g/mol. The molecule has 2 nitrogen and oxygen atoms in total. The summed E-state index contributed by atoms with van der Waals surface area (Å²) in [5.41, 5.74) is 2.11. The van der Waals surface area contributed by atoms with Gasteiger partial charge in [0.05, 0.1) is 6.10 Å². The minimum atomic E-state index is -0.437. The number of hydrogen-bond acceptors (Lipinski definition) is 3. The fourth-order valence-corrected chi connectivity index (χ4v) is 3.09. The zero-order chi connectivity index (χ0) is 13.7. The molecule has 0 amide bonds. The predicted molar refractivity (Wildman–Crippen MR) is 85.6 cm³/mol. The van der Waals surface area contributed by atoms with Gasteiger partial charge in [0.1, 0.15) is 0 Å². The van der Waals surface area contributed by atoms with Crippen molar-refractivity contribution in [2.45, 2.75) is 32.4 Å². The second-order valence-electron chi connectivity index (χ2n) is 4.62. The number of aliphatic hydroxyl groups is 1. The lowest BCUT2D eigenvalue weighted by atomic mass is 10.1. The largest absolute Gasteiger partial charge is 0.389 e. The summed E-state index contributed by atoms with van der Waals surface area (Å²) in [4.78, 5) is 2.28. The van der Waals surface area contributed by atoms with Crippen molar-refractivity contribution in [2.75, 3.05) is 24.0 Å². The van der Waals surface area contributed by atoms with E-state index in [1.807, 2.05) is 17.8 Å². The van der Waals surface area contributed by atoms with Crippen LogP contribution >= 0.6 is 27.7 Å². The van der Waals surface area contributed by atoms with Gasteiger partial charge >= 0.3 is 0 Å². The van der Waals surface area contributed by atoms with Gasteiger partial charge in [-0.1, -0.05) is 22.0 Å². The van der Waals surface area contributed by atoms with E-state index in [0.29, 0.717) is 6.04 Å². The average molecular weight is 332 g/mol. The van der Waals surface area contributed by atoms with Crippen LogP contribution in [0.1, 0.15) is 31.9 Å². The Kier molecular flexibility index (Phi) is 6.53. The lowest BCUT2D eigenvalue weighted by Gasteiger charge is -2.27. The van der Waals surface area contributed by atoms with Gasteiger partial charge in [-0.05, 0) is 50.0 Å². The van der Waals surface area contributed by atoms with Crippen LogP contribution in [0.15, 0.2) is 22.7 Å². The summed E-state index contributed by atoms with van der Waals surface area (Å²) in [7, 11) is 2.12. The summed E-state index contributed by atoms with van der Waals surface area (Å²) in [6.45, 7) is 4.03. The minimum absolute atomic E-state index is 0.437. The molecule has 0 bridgehead atoms. The first kappa shape index (κ1) is 15.9. The first-order valence-corrected chi connectivity index (χ1v) is 8.35. The molecule has 1 aromatic rings. The van der Waals surface area contributed by atoms with Gasteiger partial charge in [0.2, 0.25) is 0 Å². The van der Waals surface area contributed by atoms with Crippen LogP contribution in [0, 0.1) is 0 Å². The fraction of sp³-hybridized carbons (Fsp3) is 0.571. The maximum absolute atomic E-state index is 9.61. The van der Waals surface area contributed by atoms with Gasteiger partial charge in [-0.3, -0.25) is 0 Å². The maximum atomic E-state index is 9.61. The fourth-order valence-electron chi connectivity index (χ4n) is 1.81. The summed E-state index contributed by atoms with van der Waals surface area (Å²) >= 11 is 5.41. The third-order valence-electron chi connectivity index (χ3n) is 3.24. The second-order valence-corrected chi connectivity index (χ2v) is 6.46. The van der Waals surface area contributed by atoms with Crippen LogP contribution in [0.4, 0.5) is 5.69 Å². The lowest BCUT2D eigenvalue weighted by Crippen LogP contribution is -2.29. The lowest BCUT2D eigenvalue weighted by molar-refractivity contribution is 0.198. The molecule has 102 valence electrons. The highest BCUT2D eigenvalue weighted by Gasteiger charge is 2.12. The van der Waals surface area contributed by atoms with Crippen molar-refractivity contribution in [2.24, 2.45) is 0 Å². The van der Waals surface area contributed by atoms with Gasteiger partial charge in [-0.25, -0.2) is 0 Å². The molecule has 0 heterocycles. The Morgan fingerprint density at radius 2 is 2.06 bits per heavy atom. The molecule has 0 radical (unpaired) electrons. The SMILES string of the molecule is CSCCC(C)N(C)c1ccc(C(C)O)c(Br)c1. The molecule has 0 aliphatic rings. The van der Waals surface area contributed by atoms with E-state index in [2.05, 4.69) is 53.2 Å². The highest BCUT2D eigenvalue weighted by Crippen LogP contribution is 2.28. The van der Waals surface area contributed by atoms with Gasteiger partial charge in [0.15, 0.2) is 0 Å². The van der Waals surface area contributed by atoms with Crippen LogP contribution < -0.4 is 4.90 Å². The Balaban J connectivity index is 2.80. The molecule has 1 N–H and O–H groups in total. The third kappa shape index (κ3) is 4.18. The smallest absolute Gasteiger partial charge is 0.0772 e. The van der Waals surface area contributed by atoms with E-state index in [4.69, 9.17) is 0 Å². The Hall–Kier alpha value is -0.190. The van der Waals surface area contributed by atoms with Gasteiger partial charge < -0.3 is 10.0 Å². The van der Waals surface area contributed by atoms with Crippen molar-refractivity contribution < 1.29 is 5.11 Å². The van der Waals surface area contributed by atoms with Gasteiger partial charge in [0.25, 0.3) is 0 Å². The van der Waals surface area contributed by atoms with E-state index in [0.717, 1.165) is 10.0 Å². The number of benzene rings is 1. The first-order chi connectivity index (χ1) is 8.47. The molecule has 0 spiro atoms. The zero-order valence-electron chi connectivity index (χ0n) is 11.5. The van der Waals surface area contributed by atoms with Crippen molar-refractivity contribution in [3.8, 4) is 0 Å². The van der Waals surface area contributed by atoms with Gasteiger partial charge in [-0.2, -0.15) is 11.8 Å². The Morgan fingerprint density at radius 1 is 1.39 bits per heavy atom. The molecule has 1 aromatic carbocycles. The number of halogens is 1. The van der Waals surface area contributed by atoms with Crippen LogP contribution in [0.5, 0.6) is 0 Å². The van der Waals surface area contributed by atoms with Crippen molar-refractivity contribution >= 4 is 33.4 Å². The van der Waals surface area contributed by atoms with Crippen LogP contribution in [-0.2, 0) is 0 Å². The van der Waals surface area contributed by atoms with Gasteiger partial charge in [-0.15, -0.1) is 0 Å². The Labute approximate surface area is 123 Å². The molecule has 1 rings (SSSR count). The number of hydrogen-bond donors (Lipinski definition) is 1. The molecule has 0 saturated carbocycles. The highest BCUT2D eigenvalue weighted by atomic mass is 79.9. The minimum Gasteiger partial charge on any atom is -0.389 e. The molecule has 2 atom stereocenters. The number of aliphatic hydroxyl groups excluding tert-OH is 1. The van der Waals surface area contributed by atoms with E-state index in [-0.39, 0.29) is 0 Å².